The number of anilines is 1. The van der Waals surface area contributed by atoms with Crippen LogP contribution in [0.1, 0.15) is 11.3 Å². The first-order valence-corrected chi connectivity index (χ1v) is 7.74. The van der Waals surface area contributed by atoms with Gasteiger partial charge >= 0.3 is 0 Å². The minimum absolute atomic E-state index is 0.0520. The molecule has 0 aliphatic carbocycles. The van der Waals surface area contributed by atoms with Crippen LogP contribution in [0.3, 0.4) is 0 Å². The van der Waals surface area contributed by atoms with E-state index in [1.807, 2.05) is 25.9 Å². The van der Waals surface area contributed by atoms with Crippen LogP contribution in [0.2, 0.25) is 0 Å². The molecule has 0 saturated heterocycles. The molecule has 0 aromatic carbocycles. The molecule has 2 rings (SSSR count). The highest BCUT2D eigenvalue weighted by Gasteiger charge is 2.07. The van der Waals surface area contributed by atoms with Gasteiger partial charge in [0.15, 0.2) is 0 Å². The van der Waals surface area contributed by atoms with Gasteiger partial charge in [-0.25, -0.2) is 9.97 Å². The van der Waals surface area contributed by atoms with Crippen LogP contribution in [-0.2, 0) is 4.79 Å². The molecule has 21 heavy (non-hydrogen) atoms. The van der Waals surface area contributed by atoms with Gasteiger partial charge in [-0.15, -0.1) is 11.3 Å². The van der Waals surface area contributed by atoms with Crippen molar-refractivity contribution < 1.29 is 4.79 Å². The first-order valence-electron chi connectivity index (χ1n) is 6.92. The molecule has 7 heteroatoms. The second-order valence-corrected chi connectivity index (χ2v) is 6.36. The van der Waals surface area contributed by atoms with E-state index in [9.17, 15) is 4.79 Å². The van der Waals surface area contributed by atoms with E-state index < -0.39 is 0 Å². The minimum atomic E-state index is 0.0520. The van der Waals surface area contributed by atoms with Gasteiger partial charge in [0.25, 0.3) is 0 Å². The van der Waals surface area contributed by atoms with Crippen molar-refractivity contribution in [2.24, 2.45) is 0 Å². The average Bonchev–Trinajstić information content (AvgIpc) is 2.79. The van der Waals surface area contributed by atoms with Crippen LogP contribution < -0.4 is 10.6 Å². The molecule has 0 radical (unpaired) electrons. The summed E-state index contributed by atoms with van der Waals surface area (Å²) in [5, 5.41) is 7.13. The molecular weight excluding hydrogens is 286 g/mol. The number of likely N-dealkylation sites (N-methyl/N-ethyl adjacent to an activating group) is 1. The summed E-state index contributed by atoms with van der Waals surface area (Å²) in [6.07, 6.45) is 1.99. The van der Waals surface area contributed by atoms with Crippen LogP contribution in [0.15, 0.2) is 12.4 Å². The number of hydrogen-bond donors (Lipinski definition) is 2. The summed E-state index contributed by atoms with van der Waals surface area (Å²) < 4.78 is 0. The number of carbonyl (C=O) groups is 1. The molecule has 0 aliphatic heterocycles. The topological polar surface area (TPSA) is 70.2 Å². The molecular formula is C14H21N5OS. The number of rotatable bonds is 7. The van der Waals surface area contributed by atoms with E-state index in [2.05, 4.69) is 26.7 Å². The predicted molar refractivity (Wildman–Crippen MR) is 86.8 cm³/mol. The number of aryl methyl sites for hydroxylation is 1. The standard InChI is InChI=1S/C14H21N5OS/c1-10-8-11-13(17-9-18-14(11)21-10)16-5-4-12(20)15-6-7-19(2)3/h8-9H,4-7H2,1-3H3,(H,15,20)(H,16,17,18). The largest absolute Gasteiger partial charge is 0.369 e. The monoisotopic (exact) mass is 307 g/mol. The average molecular weight is 307 g/mol. The zero-order valence-electron chi connectivity index (χ0n) is 12.6. The van der Waals surface area contributed by atoms with Crippen molar-refractivity contribution in [3.63, 3.8) is 0 Å². The maximum atomic E-state index is 11.7. The second kappa shape index (κ2) is 7.33. The summed E-state index contributed by atoms with van der Waals surface area (Å²) in [5.74, 6) is 0.849. The Morgan fingerprint density at radius 1 is 1.33 bits per heavy atom. The van der Waals surface area contributed by atoms with Crippen LogP contribution in [0.25, 0.3) is 10.2 Å². The van der Waals surface area contributed by atoms with Crippen molar-refractivity contribution in [2.75, 3.05) is 39.0 Å². The van der Waals surface area contributed by atoms with Gasteiger partial charge in [0.2, 0.25) is 5.91 Å². The highest BCUT2D eigenvalue weighted by Crippen LogP contribution is 2.27. The molecule has 0 unspecified atom stereocenters. The third-order valence-corrected chi connectivity index (χ3v) is 3.94. The fourth-order valence-corrected chi connectivity index (χ4v) is 2.77. The van der Waals surface area contributed by atoms with Crippen LogP contribution in [0, 0.1) is 6.92 Å². The SMILES string of the molecule is Cc1cc2c(NCCC(=O)NCCN(C)C)ncnc2s1. The zero-order chi connectivity index (χ0) is 15.2. The smallest absolute Gasteiger partial charge is 0.221 e. The number of hydrogen-bond acceptors (Lipinski definition) is 6. The van der Waals surface area contributed by atoms with Crippen molar-refractivity contribution in [2.45, 2.75) is 13.3 Å². The van der Waals surface area contributed by atoms with Gasteiger partial charge < -0.3 is 15.5 Å². The Labute approximate surface area is 128 Å². The van der Waals surface area contributed by atoms with E-state index >= 15 is 0 Å². The molecule has 2 aromatic rings. The number of fused-ring (bicyclic) bond motifs is 1. The molecule has 1 amide bonds. The first kappa shape index (κ1) is 15.7. The van der Waals surface area contributed by atoms with Crippen LogP contribution in [-0.4, -0.2) is 54.5 Å². The Kier molecular flexibility index (Phi) is 5.46. The highest BCUT2D eigenvalue weighted by molar-refractivity contribution is 7.18. The van der Waals surface area contributed by atoms with Gasteiger partial charge in [0.1, 0.15) is 17.0 Å². The lowest BCUT2D eigenvalue weighted by Gasteiger charge is -2.10. The van der Waals surface area contributed by atoms with Gasteiger partial charge in [-0.2, -0.15) is 0 Å². The van der Waals surface area contributed by atoms with E-state index in [0.29, 0.717) is 19.5 Å². The summed E-state index contributed by atoms with van der Waals surface area (Å²) in [6.45, 7) is 4.14. The Bertz CT molecular complexity index is 610. The lowest BCUT2D eigenvalue weighted by Crippen LogP contribution is -2.32. The Morgan fingerprint density at radius 3 is 2.90 bits per heavy atom. The maximum absolute atomic E-state index is 11.7. The summed E-state index contributed by atoms with van der Waals surface area (Å²) in [4.78, 5) is 24.4. The lowest BCUT2D eigenvalue weighted by atomic mass is 10.3. The van der Waals surface area contributed by atoms with E-state index in [0.717, 1.165) is 22.6 Å². The molecule has 2 aromatic heterocycles. The second-order valence-electron chi connectivity index (χ2n) is 5.13. The summed E-state index contributed by atoms with van der Waals surface area (Å²) in [7, 11) is 3.97. The van der Waals surface area contributed by atoms with Crippen LogP contribution in [0.5, 0.6) is 0 Å². The molecule has 0 fully saturated rings. The van der Waals surface area contributed by atoms with Crippen LogP contribution in [0.4, 0.5) is 5.82 Å². The van der Waals surface area contributed by atoms with E-state index in [1.165, 1.54) is 4.88 Å². The molecule has 0 bridgehead atoms. The Hall–Kier alpha value is -1.73. The molecule has 114 valence electrons. The molecule has 0 aliphatic rings. The van der Waals surface area contributed by atoms with E-state index in [4.69, 9.17) is 0 Å². The predicted octanol–water partition coefficient (Wildman–Crippen LogP) is 1.48. The fraction of sp³-hybridized carbons (Fsp3) is 0.500. The summed E-state index contributed by atoms with van der Waals surface area (Å²) in [6, 6.07) is 2.07. The zero-order valence-corrected chi connectivity index (χ0v) is 13.5. The van der Waals surface area contributed by atoms with Crippen molar-refractivity contribution in [3.05, 3.63) is 17.3 Å². The number of nitrogens with one attached hydrogen (secondary N) is 2. The van der Waals surface area contributed by atoms with Gasteiger partial charge in [-0.05, 0) is 27.1 Å². The minimum Gasteiger partial charge on any atom is -0.369 e. The van der Waals surface area contributed by atoms with Gasteiger partial charge in [-0.1, -0.05) is 0 Å². The molecule has 0 saturated carbocycles. The summed E-state index contributed by atoms with van der Waals surface area (Å²) in [5.41, 5.74) is 0. The highest BCUT2D eigenvalue weighted by atomic mass is 32.1. The van der Waals surface area contributed by atoms with E-state index in [-0.39, 0.29) is 5.91 Å². The molecule has 2 heterocycles. The van der Waals surface area contributed by atoms with Crippen molar-refractivity contribution in [1.82, 2.24) is 20.2 Å². The quantitative estimate of drug-likeness (QED) is 0.811. The molecule has 2 N–H and O–H groups in total. The Morgan fingerprint density at radius 2 is 2.14 bits per heavy atom. The third-order valence-electron chi connectivity index (χ3n) is 2.98. The number of nitrogens with zero attached hydrogens (tertiary/aromatic N) is 3. The number of aromatic nitrogens is 2. The number of thiophene rings is 1. The van der Waals surface area contributed by atoms with Crippen molar-refractivity contribution in [1.29, 1.82) is 0 Å². The number of carbonyl (C=O) groups excluding carboxylic acids is 1. The van der Waals surface area contributed by atoms with Gasteiger partial charge in [0.05, 0.1) is 5.39 Å². The van der Waals surface area contributed by atoms with Gasteiger partial charge in [0, 0.05) is 30.9 Å². The van der Waals surface area contributed by atoms with Gasteiger partial charge in [-0.3, -0.25) is 4.79 Å². The van der Waals surface area contributed by atoms with Crippen LogP contribution >= 0.6 is 11.3 Å². The third kappa shape index (κ3) is 4.64. The normalized spacial score (nSPS) is 11.0. The fourth-order valence-electron chi connectivity index (χ4n) is 1.92. The Balaban J connectivity index is 1.81. The van der Waals surface area contributed by atoms with E-state index in [1.54, 1.807) is 17.7 Å². The first-order chi connectivity index (χ1) is 10.1. The molecule has 6 nitrogen and oxygen atoms in total. The molecule has 0 spiro atoms. The number of amides is 1. The van der Waals surface area contributed by atoms with Crippen molar-refractivity contribution >= 4 is 33.3 Å². The lowest BCUT2D eigenvalue weighted by molar-refractivity contribution is -0.120. The maximum Gasteiger partial charge on any atom is 0.221 e. The molecule has 0 atom stereocenters. The van der Waals surface area contributed by atoms with Crippen molar-refractivity contribution in [3.8, 4) is 0 Å². The summed E-state index contributed by atoms with van der Waals surface area (Å²) >= 11 is 1.64.